The molecule has 1 aliphatic rings. The van der Waals surface area contributed by atoms with E-state index in [0.29, 0.717) is 41.6 Å². The van der Waals surface area contributed by atoms with Crippen LogP contribution in [0, 0.1) is 0 Å². The second kappa shape index (κ2) is 8.88. The van der Waals surface area contributed by atoms with Crippen molar-refractivity contribution in [3.05, 3.63) is 36.3 Å². The van der Waals surface area contributed by atoms with Gasteiger partial charge in [0.1, 0.15) is 6.33 Å². The molecule has 12 heteroatoms. The summed E-state index contributed by atoms with van der Waals surface area (Å²) in [5.74, 6) is 0.778. The molecule has 0 radical (unpaired) electrons. The molecule has 0 atom stereocenters. The van der Waals surface area contributed by atoms with E-state index >= 15 is 0 Å². The average molecular weight is 437 g/mol. The molecule has 3 amide bonds. The Hall–Kier alpha value is -4.22. The summed E-state index contributed by atoms with van der Waals surface area (Å²) in [5.41, 5.74) is 1.66. The minimum absolute atomic E-state index is 0.0675. The number of carbonyl (C=O) groups excluding carboxylic acids is 2. The third-order valence-corrected chi connectivity index (χ3v) is 4.94. The van der Waals surface area contributed by atoms with Crippen molar-refractivity contribution < 1.29 is 14.3 Å². The Labute approximate surface area is 184 Å². The molecule has 166 valence electrons. The van der Waals surface area contributed by atoms with Gasteiger partial charge < -0.3 is 20.3 Å². The van der Waals surface area contributed by atoms with Gasteiger partial charge in [-0.05, 0) is 18.6 Å². The van der Waals surface area contributed by atoms with Crippen molar-refractivity contribution in [3.63, 3.8) is 0 Å². The Morgan fingerprint density at radius 2 is 1.97 bits per heavy atom. The van der Waals surface area contributed by atoms with Crippen LogP contribution in [0.1, 0.15) is 16.9 Å². The van der Waals surface area contributed by atoms with E-state index in [-0.39, 0.29) is 17.5 Å². The molecule has 0 spiro atoms. The van der Waals surface area contributed by atoms with Crippen LogP contribution in [0.3, 0.4) is 0 Å². The summed E-state index contributed by atoms with van der Waals surface area (Å²) in [4.78, 5) is 30.6. The predicted molar refractivity (Wildman–Crippen MR) is 117 cm³/mol. The molecule has 1 aliphatic heterocycles. The minimum Gasteiger partial charge on any atom is -0.494 e. The Balaban J connectivity index is 1.69. The average Bonchev–Trinajstić information content (AvgIpc) is 3.18. The van der Waals surface area contributed by atoms with E-state index in [2.05, 4.69) is 36.2 Å². The van der Waals surface area contributed by atoms with E-state index in [1.54, 1.807) is 35.1 Å². The summed E-state index contributed by atoms with van der Waals surface area (Å²) in [7, 11) is 4.82. The van der Waals surface area contributed by atoms with Gasteiger partial charge in [0, 0.05) is 33.3 Å². The van der Waals surface area contributed by atoms with Crippen LogP contribution in [0.2, 0.25) is 0 Å². The zero-order valence-electron chi connectivity index (χ0n) is 17.9. The zero-order chi connectivity index (χ0) is 22.7. The highest BCUT2D eigenvalue weighted by atomic mass is 16.5. The van der Waals surface area contributed by atoms with Gasteiger partial charge in [0.2, 0.25) is 0 Å². The fourth-order valence-electron chi connectivity index (χ4n) is 3.18. The molecule has 0 saturated carbocycles. The number of ether oxygens (including phenoxy) is 1. The summed E-state index contributed by atoms with van der Waals surface area (Å²) < 4.78 is 7.22. The van der Waals surface area contributed by atoms with Gasteiger partial charge in [0.25, 0.3) is 5.91 Å². The maximum absolute atomic E-state index is 12.4. The Kier molecular flexibility index (Phi) is 5.83. The second-order valence-electron chi connectivity index (χ2n) is 7.09. The first-order chi connectivity index (χ1) is 15.5. The number of hydrogen-bond donors (Lipinski definition) is 3. The molecular formula is C20H23N9O3. The fraction of sp³-hybridized carbons (Fsp3) is 0.300. The minimum atomic E-state index is -0.429. The smallest absolute Gasteiger partial charge is 0.323 e. The highest BCUT2D eigenvalue weighted by molar-refractivity contribution is 5.99. The molecule has 32 heavy (non-hydrogen) atoms. The fourth-order valence-corrected chi connectivity index (χ4v) is 3.18. The zero-order valence-corrected chi connectivity index (χ0v) is 17.9. The van der Waals surface area contributed by atoms with Crippen LogP contribution in [0.5, 0.6) is 5.75 Å². The van der Waals surface area contributed by atoms with Crippen LogP contribution in [0.15, 0.2) is 30.6 Å². The third-order valence-electron chi connectivity index (χ3n) is 4.94. The third kappa shape index (κ3) is 4.15. The van der Waals surface area contributed by atoms with Crippen LogP contribution in [0.4, 0.5) is 22.0 Å². The second-order valence-corrected chi connectivity index (χ2v) is 7.09. The van der Waals surface area contributed by atoms with Gasteiger partial charge in [0.15, 0.2) is 23.1 Å². The van der Waals surface area contributed by atoms with E-state index in [0.717, 1.165) is 6.42 Å². The molecule has 1 saturated heterocycles. The van der Waals surface area contributed by atoms with Gasteiger partial charge in [-0.25, -0.2) is 9.78 Å². The first-order valence-corrected chi connectivity index (χ1v) is 9.96. The number of nitrogens with zero attached hydrogens (tertiary/aromatic N) is 6. The first kappa shape index (κ1) is 21.0. The molecule has 2 aromatic heterocycles. The van der Waals surface area contributed by atoms with Gasteiger partial charge >= 0.3 is 6.03 Å². The van der Waals surface area contributed by atoms with Crippen LogP contribution in [-0.4, -0.2) is 69.0 Å². The molecule has 12 nitrogen and oxygen atoms in total. The van der Waals surface area contributed by atoms with Crippen LogP contribution in [0.25, 0.3) is 11.4 Å². The number of para-hydroxylation sites is 1. The molecule has 1 fully saturated rings. The number of carbonyl (C=O) groups is 2. The first-order valence-electron chi connectivity index (χ1n) is 9.96. The number of aromatic nitrogens is 5. The summed E-state index contributed by atoms with van der Waals surface area (Å²) >= 11 is 0. The highest BCUT2D eigenvalue weighted by Crippen LogP contribution is 2.37. The lowest BCUT2D eigenvalue weighted by Crippen LogP contribution is -2.44. The van der Waals surface area contributed by atoms with E-state index < -0.39 is 5.91 Å². The largest absolute Gasteiger partial charge is 0.494 e. The van der Waals surface area contributed by atoms with Crippen molar-refractivity contribution in [1.82, 2.24) is 35.2 Å². The molecule has 0 bridgehead atoms. The van der Waals surface area contributed by atoms with Gasteiger partial charge in [0.05, 0.1) is 24.0 Å². The van der Waals surface area contributed by atoms with Crippen molar-refractivity contribution in [2.75, 3.05) is 37.9 Å². The van der Waals surface area contributed by atoms with Gasteiger partial charge in [-0.2, -0.15) is 5.10 Å². The number of amides is 3. The quantitative estimate of drug-likeness (QED) is 0.529. The van der Waals surface area contributed by atoms with Crippen LogP contribution >= 0.6 is 0 Å². The van der Waals surface area contributed by atoms with E-state index in [1.807, 2.05) is 12.1 Å². The molecule has 3 N–H and O–H groups in total. The van der Waals surface area contributed by atoms with Gasteiger partial charge in [-0.3, -0.25) is 14.8 Å². The number of aryl methyl sites for hydroxylation is 1. The lowest BCUT2D eigenvalue weighted by Gasteiger charge is -2.30. The van der Waals surface area contributed by atoms with E-state index in [1.165, 1.54) is 14.2 Å². The number of hydrogen-bond acceptors (Lipinski definition) is 8. The van der Waals surface area contributed by atoms with Crippen molar-refractivity contribution in [2.45, 2.75) is 6.42 Å². The van der Waals surface area contributed by atoms with Crippen molar-refractivity contribution in [2.24, 2.45) is 7.05 Å². The van der Waals surface area contributed by atoms with Gasteiger partial charge in [-0.15, -0.1) is 10.2 Å². The number of rotatable bonds is 6. The maximum atomic E-state index is 12.4. The SMILES string of the molecule is CNC(=O)c1nnc(NC(=O)N2CCC2)cc1Nc1cccc(-c2ncn(C)n2)c1OC. The molecule has 1 aromatic carbocycles. The van der Waals surface area contributed by atoms with Crippen LogP contribution in [-0.2, 0) is 7.05 Å². The standard InChI is InChI=1S/C20H23N9O3/c1-21-19(30)16-14(10-15(25-26-16)24-20(31)29-8-5-9-29)23-13-7-4-6-12(17(13)32-3)18-22-11-28(2)27-18/h4,6-7,10-11H,5,8-9H2,1-3H3,(H,21,30)(H2,23,24,25,31). The lowest BCUT2D eigenvalue weighted by atomic mass is 10.1. The Morgan fingerprint density at radius 3 is 2.59 bits per heavy atom. The molecule has 4 rings (SSSR count). The Bertz CT molecular complexity index is 1160. The number of urea groups is 1. The topological polar surface area (TPSA) is 139 Å². The van der Waals surface area contributed by atoms with E-state index in [4.69, 9.17) is 4.74 Å². The highest BCUT2D eigenvalue weighted by Gasteiger charge is 2.22. The summed E-state index contributed by atoms with van der Waals surface area (Å²) in [6.45, 7) is 1.40. The molecule has 0 unspecified atom stereocenters. The van der Waals surface area contributed by atoms with Gasteiger partial charge in [-0.1, -0.05) is 6.07 Å². The number of nitrogens with one attached hydrogen (secondary N) is 3. The number of anilines is 3. The van der Waals surface area contributed by atoms with Crippen LogP contribution < -0.4 is 20.7 Å². The normalized spacial score (nSPS) is 12.7. The molecular weight excluding hydrogens is 414 g/mol. The monoisotopic (exact) mass is 437 g/mol. The number of benzene rings is 1. The maximum Gasteiger partial charge on any atom is 0.323 e. The number of methoxy groups -OCH3 is 1. The van der Waals surface area contributed by atoms with Crippen molar-refractivity contribution in [1.29, 1.82) is 0 Å². The Morgan fingerprint density at radius 1 is 1.16 bits per heavy atom. The number of likely N-dealkylation sites (tertiary alicyclic amines) is 1. The molecule has 0 aliphatic carbocycles. The van der Waals surface area contributed by atoms with Crippen molar-refractivity contribution >= 4 is 29.1 Å². The van der Waals surface area contributed by atoms with E-state index in [9.17, 15) is 9.59 Å². The predicted octanol–water partition coefficient (Wildman–Crippen LogP) is 1.62. The molecule has 3 aromatic rings. The summed E-state index contributed by atoms with van der Waals surface area (Å²) in [6.07, 6.45) is 2.57. The lowest BCUT2D eigenvalue weighted by molar-refractivity contribution is 0.0958. The van der Waals surface area contributed by atoms with Crippen molar-refractivity contribution in [3.8, 4) is 17.1 Å². The molecule has 3 heterocycles. The summed E-state index contributed by atoms with van der Waals surface area (Å²) in [6, 6.07) is 6.74. The summed E-state index contributed by atoms with van der Waals surface area (Å²) in [5, 5.41) is 20.8.